The van der Waals surface area contributed by atoms with E-state index in [-0.39, 0.29) is 0 Å². The van der Waals surface area contributed by atoms with E-state index in [1.807, 2.05) is 31.3 Å². The Morgan fingerprint density at radius 1 is 1.09 bits per heavy atom. The van der Waals surface area contributed by atoms with Crippen LogP contribution in [0.15, 0.2) is 47.6 Å². The van der Waals surface area contributed by atoms with Crippen molar-refractivity contribution in [3.63, 3.8) is 0 Å². The number of hydrogen-bond donors (Lipinski definition) is 2. The minimum atomic E-state index is 0.676. The summed E-state index contributed by atoms with van der Waals surface area (Å²) in [6.45, 7) is 3.51. The number of nitrogens with one attached hydrogen (secondary N) is 2. The van der Waals surface area contributed by atoms with Gasteiger partial charge in [-0.05, 0) is 18.6 Å². The maximum Gasteiger partial charge on any atom is 0.191 e. The number of aromatic nitrogens is 1. The van der Waals surface area contributed by atoms with E-state index in [2.05, 4.69) is 57.9 Å². The van der Waals surface area contributed by atoms with E-state index in [0.717, 1.165) is 23.9 Å². The van der Waals surface area contributed by atoms with Gasteiger partial charge in [-0.2, -0.15) is 0 Å². The maximum atomic E-state index is 4.41. The molecule has 2 rings (SSSR count). The van der Waals surface area contributed by atoms with Gasteiger partial charge in [0, 0.05) is 46.0 Å². The quantitative estimate of drug-likeness (QED) is 0.657. The van der Waals surface area contributed by atoms with Gasteiger partial charge >= 0.3 is 0 Å². The largest absolute Gasteiger partial charge is 0.362 e. The monoisotopic (exact) mass is 311 g/mol. The molecule has 0 saturated heterocycles. The normalized spacial score (nSPS) is 11.2. The Morgan fingerprint density at radius 2 is 1.78 bits per heavy atom. The summed E-state index contributed by atoms with van der Waals surface area (Å²) in [5.74, 6) is 1.74. The molecule has 0 spiro atoms. The highest BCUT2D eigenvalue weighted by atomic mass is 15.2. The molecule has 0 amide bonds. The average molecular weight is 311 g/mol. The van der Waals surface area contributed by atoms with Crippen LogP contribution in [0.5, 0.6) is 0 Å². The summed E-state index contributed by atoms with van der Waals surface area (Å²) in [4.78, 5) is 10.7. The molecule has 1 aromatic carbocycles. The summed E-state index contributed by atoms with van der Waals surface area (Å²) >= 11 is 0. The van der Waals surface area contributed by atoms with E-state index in [1.165, 1.54) is 11.1 Å². The molecule has 0 aliphatic carbocycles. The molecule has 5 heteroatoms. The molecule has 122 valence electrons. The Bertz CT molecular complexity index is 647. The van der Waals surface area contributed by atoms with Crippen LogP contribution in [0.2, 0.25) is 0 Å². The van der Waals surface area contributed by atoms with Crippen molar-refractivity contribution < 1.29 is 0 Å². The Kier molecular flexibility index (Phi) is 5.97. The molecule has 0 fully saturated rings. The third-order valence-electron chi connectivity index (χ3n) is 3.54. The van der Waals surface area contributed by atoms with Gasteiger partial charge in [-0.25, -0.2) is 4.98 Å². The summed E-state index contributed by atoms with van der Waals surface area (Å²) in [6.07, 6.45) is 1.81. The van der Waals surface area contributed by atoms with Crippen LogP contribution in [0.1, 0.15) is 16.7 Å². The lowest BCUT2D eigenvalue weighted by atomic mass is 10.1. The second-order valence-electron chi connectivity index (χ2n) is 5.65. The lowest BCUT2D eigenvalue weighted by molar-refractivity contribution is 0.804. The molecule has 0 bridgehead atoms. The highest BCUT2D eigenvalue weighted by Gasteiger charge is 2.06. The summed E-state index contributed by atoms with van der Waals surface area (Å²) in [7, 11) is 5.77. The van der Waals surface area contributed by atoms with E-state index < -0.39 is 0 Å². The Labute approximate surface area is 138 Å². The average Bonchev–Trinajstić information content (AvgIpc) is 2.56. The second kappa shape index (κ2) is 8.17. The van der Waals surface area contributed by atoms with Crippen LogP contribution in [-0.2, 0) is 13.1 Å². The van der Waals surface area contributed by atoms with E-state index >= 15 is 0 Å². The van der Waals surface area contributed by atoms with Crippen molar-refractivity contribution in [2.24, 2.45) is 4.99 Å². The van der Waals surface area contributed by atoms with Crippen molar-refractivity contribution in [2.75, 3.05) is 26.0 Å². The summed E-state index contributed by atoms with van der Waals surface area (Å²) in [6, 6.07) is 12.5. The van der Waals surface area contributed by atoms with Crippen molar-refractivity contribution in [2.45, 2.75) is 20.0 Å². The first-order chi connectivity index (χ1) is 11.1. The predicted octanol–water partition coefficient (Wildman–Crippen LogP) is 2.32. The van der Waals surface area contributed by atoms with Crippen LogP contribution >= 0.6 is 0 Å². The zero-order valence-electron chi connectivity index (χ0n) is 14.3. The molecule has 0 atom stereocenters. The van der Waals surface area contributed by atoms with Crippen molar-refractivity contribution >= 4 is 11.8 Å². The Morgan fingerprint density at radius 3 is 2.43 bits per heavy atom. The van der Waals surface area contributed by atoms with Crippen molar-refractivity contribution in [3.8, 4) is 0 Å². The first kappa shape index (κ1) is 16.8. The third kappa shape index (κ3) is 4.98. The lowest BCUT2D eigenvalue weighted by Crippen LogP contribution is -2.36. The SMILES string of the molecule is CN=C(NCc1ccc(C)cc1)NCc1cccnc1N(C)C. The molecule has 1 aromatic heterocycles. The lowest BCUT2D eigenvalue weighted by Gasteiger charge is -2.17. The number of guanidine groups is 1. The van der Waals surface area contributed by atoms with Crippen LogP contribution in [0, 0.1) is 6.92 Å². The number of pyridine rings is 1. The van der Waals surface area contributed by atoms with Crippen LogP contribution in [0.3, 0.4) is 0 Å². The standard InChI is InChI=1S/C18H25N5/c1-14-7-9-15(10-8-14)12-21-18(19-2)22-13-16-6-5-11-20-17(16)23(3)4/h5-11H,12-13H2,1-4H3,(H2,19,21,22). The second-order valence-corrected chi connectivity index (χ2v) is 5.65. The fourth-order valence-corrected chi connectivity index (χ4v) is 2.26. The van der Waals surface area contributed by atoms with Gasteiger partial charge < -0.3 is 15.5 Å². The Hall–Kier alpha value is -2.56. The van der Waals surface area contributed by atoms with Crippen molar-refractivity contribution in [1.29, 1.82) is 0 Å². The van der Waals surface area contributed by atoms with Gasteiger partial charge in [0.1, 0.15) is 5.82 Å². The summed E-state index contributed by atoms with van der Waals surface area (Å²) in [5.41, 5.74) is 3.63. The smallest absolute Gasteiger partial charge is 0.191 e. The summed E-state index contributed by atoms with van der Waals surface area (Å²) < 4.78 is 0. The van der Waals surface area contributed by atoms with E-state index in [0.29, 0.717) is 6.54 Å². The number of rotatable bonds is 5. The molecule has 5 nitrogen and oxygen atoms in total. The molecule has 0 unspecified atom stereocenters. The molecular formula is C18H25N5. The minimum absolute atomic E-state index is 0.676. The zero-order valence-corrected chi connectivity index (χ0v) is 14.3. The van der Waals surface area contributed by atoms with Gasteiger partial charge in [0.05, 0.1) is 0 Å². The van der Waals surface area contributed by atoms with Gasteiger partial charge in [0.25, 0.3) is 0 Å². The van der Waals surface area contributed by atoms with Crippen molar-refractivity contribution in [1.82, 2.24) is 15.6 Å². The van der Waals surface area contributed by atoms with Crippen LogP contribution in [0.4, 0.5) is 5.82 Å². The van der Waals surface area contributed by atoms with Gasteiger partial charge in [-0.1, -0.05) is 35.9 Å². The number of benzene rings is 1. The highest BCUT2D eigenvalue weighted by Crippen LogP contribution is 2.13. The molecule has 23 heavy (non-hydrogen) atoms. The topological polar surface area (TPSA) is 52.6 Å². The maximum absolute atomic E-state index is 4.41. The number of nitrogens with zero attached hydrogens (tertiary/aromatic N) is 3. The predicted molar refractivity (Wildman–Crippen MR) is 96.8 cm³/mol. The third-order valence-corrected chi connectivity index (χ3v) is 3.54. The molecule has 0 radical (unpaired) electrons. The van der Waals surface area contributed by atoms with Crippen LogP contribution in [0.25, 0.3) is 0 Å². The van der Waals surface area contributed by atoms with Gasteiger partial charge in [-0.3, -0.25) is 4.99 Å². The first-order valence-electron chi connectivity index (χ1n) is 7.71. The minimum Gasteiger partial charge on any atom is -0.362 e. The number of aliphatic imine (C=N–C) groups is 1. The Balaban J connectivity index is 1.92. The van der Waals surface area contributed by atoms with Gasteiger partial charge in [0.15, 0.2) is 5.96 Å². The zero-order chi connectivity index (χ0) is 16.7. The number of hydrogen-bond acceptors (Lipinski definition) is 3. The molecule has 0 aliphatic rings. The molecule has 2 aromatic rings. The molecule has 0 saturated carbocycles. The van der Waals surface area contributed by atoms with Gasteiger partial charge in [-0.15, -0.1) is 0 Å². The molecule has 1 heterocycles. The van der Waals surface area contributed by atoms with Gasteiger partial charge in [0.2, 0.25) is 0 Å². The van der Waals surface area contributed by atoms with Crippen molar-refractivity contribution in [3.05, 3.63) is 59.3 Å². The number of anilines is 1. The van der Waals surface area contributed by atoms with Crippen LogP contribution < -0.4 is 15.5 Å². The van der Waals surface area contributed by atoms with E-state index in [1.54, 1.807) is 7.05 Å². The summed E-state index contributed by atoms with van der Waals surface area (Å²) in [5, 5.41) is 6.66. The first-order valence-corrected chi connectivity index (χ1v) is 7.71. The molecule has 0 aliphatic heterocycles. The molecule has 2 N–H and O–H groups in total. The van der Waals surface area contributed by atoms with E-state index in [4.69, 9.17) is 0 Å². The number of aryl methyl sites for hydroxylation is 1. The van der Waals surface area contributed by atoms with Crippen LogP contribution in [-0.4, -0.2) is 32.1 Å². The fourth-order valence-electron chi connectivity index (χ4n) is 2.26. The highest BCUT2D eigenvalue weighted by molar-refractivity contribution is 5.79. The fraction of sp³-hybridized carbons (Fsp3) is 0.333. The van der Waals surface area contributed by atoms with E-state index in [9.17, 15) is 0 Å². The molecular weight excluding hydrogens is 286 g/mol.